The highest BCUT2D eigenvalue weighted by Crippen LogP contribution is 2.20. The van der Waals surface area contributed by atoms with Crippen LogP contribution < -0.4 is 10.6 Å². The first-order valence-corrected chi connectivity index (χ1v) is 6.55. The molecule has 21 heavy (non-hydrogen) atoms. The fourth-order valence-corrected chi connectivity index (χ4v) is 1.91. The summed E-state index contributed by atoms with van der Waals surface area (Å²) in [6.07, 6.45) is 0. The van der Waals surface area contributed by atoms with Gasteiger partial charge in [-0.25, -0.2) is 4.79 Å². The van der Waals surface area contributed by atoms with Gasteiger partial charge in [-0.15, -0.1) is 0 Å². The molecule has 0 saturated carbocycles. The Hall–Kier alpha value is -2.53. The number of para-hydroxylation sites is 1. The van der Waals surface area contributed by atoms with Crippen molar-refractivity contribution in [1.82, 2.24) is 0 Å². The molecule has 108 valence electrons. The summed E-state index contributed by atoms with van der Waals surface area (Å²) >= 11 is 5.76. The Kier molecular flexibility index (Phi) is 4.79. The number of carbonyl (C=O) groups excluding carboxylic acids is 1. The average Bonchev–Trinajstić information content (AvgIpc) is 2.48. The van der Waals surface area contributed by atoms with E-state index in [1.165, 1.54) is 12.1 Å². The van der Waals surface area contributed by atoms with Gasteiger partial charge in [0, 0.05) is 11.4 Å². The molecule has 2 rings (SSSR count). The molecule has 0 spiro atoms. The molecular formula is C15H13ClN2O3. The molecule has 2 aromatic carbocycles. The number of amides is 1. The predicted octanol–water partition coefficient (Wildman–Crippen LogP) is 3.09. The molecule has 0 fully saturated rings. The van der Waals surface area contributed by atoms with Crippen LogP contribution in [0.4, 0.5) is 11.4 Å². The van der Waals surface area contributed by atoms with Gasteiger partial charge in [-0.05, 0) is 30.3 Å². The fourth-order valence-electron chi connectivity index (χ4n) is 1.71. The van der Waals surface area contributed by atoms with Gasteiger partial charge >= 0.3 is 5.97 Å². The zero-order valence-electron chi connectivity index (χ0n) is 11.0. The molecule has 0 unspecified atom stereocenters. The molecule has 6 heteroatoms. The van der Waals surface area contributed by atoms with Crippen LogP contribution in [0.15, 0.2) is 48.5 Å². The van der Waals surface area contributed by atoms with E-state index in [-0.39, 0.29) is 23.0 Å². The van der Waals surface area contributed by atoms with Crippen molar-refractivity contribution in [2.24, 2.45) is 0 Å². The van der Waals surface area contributed by atoms with Gasteiger partial charge in [0.2, 0.25) is 5.91 Å². The molecule has 0 radical (unpaired) electrons. The van der Waals surface area contributed by atoms with Crippen LogP contribution in [0.25, 0.3) is 0 Å². The van der Waals surface area contributed by atoms with Gasteiger partial charge in [-0.1, -0.05) is 29.8 Å². The summed E-state index contributed by atoms with van der Waals surface area (Å²) in [6.45, 7) is 0.0784. The first-order valence-electron chi connectivity index (χ1n) is 6.18. The minimum atomic E-state index is -1.14. The van der Waals surface area contributed by atoms with E-state index in [0.29, 0.717) is 5.69 Å². The molecule has 0 aliphatic carbocycles. The van der Waals surface area contributed by atoms with E-state index >= 15 is 0 Å². The molecule has 5 nitrogen and oxygen atoms in total. The lowest BCUT2D eigenvalue weighted by Gasteiger charge is -2.09. The topological polar surface area (TPSA) is 78.4 Å². The minimum Gasteiger partial charge on any atom is -0.478 e. The van der Waals surface area contributed by atoms with Crippen molar-refractivity contribution in [1.29, 1.82) is 0 Å². The van der Waals surface area contributed by atoms with Gasteiger partial charge < -0.3 is 15.7 Å². The lowest BCUT2D eigenvalue weighted by molar-refractivity contribution is -0.114. The second kappa shape index (κ2) is 6.76. The van der Waals surface area contributed by atoms with Crippen molar-refractivity contribution in [3.8, 4) is 0 Å². The lowest BCUT2D eigenvalue weighted by atomic mass is 10.2. The third-order valence-electron chi connectivity index (χ3n) is 2.71. The van der Waals surface area contributed by atoms with Crippen molar-refractivity contribution < 1.29 is 14.7 Å². The third kappa shape index (κ3) is 4.22. The fraction of sp³-hybridized carbons (Fsp3) is 0.0667. The summed E-state index contributed by atoms with van der Waals surface area (Å²) in [5.74, 6) is -1.42. The molecule has 0 aliphatic rings. The van der Waals surface area contributed by atoms with Gasteiger partial charge in [-0.2, -0.15) is 0 Å². The lowest BCUT2D eigenvalue weighted by Crippen LogP contribution is -2.21. The van der Waals surface area contributed by atoms with Crippen LogP contribution in [-0.4, -0.2) is 23.5 Å². The number of carboxylic acids is 1. The average molecular weight is 305 g/mol. The van der Waals surface area contributed by atoms with Crippen LogP contribution in [0, 0.1) is 0 Å². The maximum Gasteiger partial charge on any atom is 0.337 e. The molecule has 0 saturated heterocycles. The molecule has 0 heterocycles. The summed E-state index contributed by atoms with van der Waals surface area (Å²) in [5.41, 5.74) is 1.16. The highest BCUT2D eigenvalue weighted by atomic mass is 35.5. The maximum absolute atomic E-state index is 11.8. The SMILES string of the molecule is O=C(CNc1ccccc1)Nc1ccc(Cl)c(C(=O)O)c1. The van der Waals surface area contributed by atoms with Crippen molar-refractivity contribution in [3.63, 3.8) is 0 Å². The van der Waals surface area contributed by atoms with Crippen LogP contribution >= 0.6 is 11.6 Å². The number of hydrogen-bond donors (Lipinski definition) is 3. The van der Waals surface area contributed by atoms with Crippen molar-refractivity contribution >= 4 is 34.9 Å². The number of halogens is 1. The van der Waals surface area contributed by atoms with E-state index in [2.05, 4.69) is 10.6 Å². The van der Waals surface area contributed by atoms with E-state index < -0.39 is 5.97 Å². The van der Waals surface area contributed by atoms with Crippen LogP contribution in [-0.2, 0) is 4.79 Å². The summed E-state index contributed by atoms with van der Waals surface area (Å²) in [4.78, 5) is 22.8. The largest absolute Gasteiger partial charge is 0.478 e. The zero-order chi connectivity index (χ0) is 15.2. The van der Waals surface area contributed by atoms with Gasteiger partial charge in [0.1, 0.15) is 0 Å². The Morgan fingerprint density at radius 3 is 2.43 bits per heavy atom. The van der Waals surface area contributed by atoms with E-state index in [4.69, 9.17) is 16.7 Å². The van der Waals surface area contributed by atoms with E-state index in [9.17, 15) is 9.59 Å². The predicted molar refractivity (Wildman–Crippen MR) is 82.0 cm³/mol. The van der Waals surface area contributed by atoms with Gasteiger partial charge in [-0.3, -0.25) is 4.79 Å². The number of carboxylic acid groups (broad SMARTS) is 1. The van der Waals surface area contributed by atoms with Gasteiger partial charge in [0.25, 0.3) is 0 Å². The standard InChI is InChI=1S/C15H13ClN2O3/c16-13-7-6-11(8-12(13)15(20)21)18-14(19)9-17-10-4-2-1-3-5-10/h1-8,17H,9H2,(H,18,19)(H,20,21). The van der Waals surface area contributed by atoms with Crippen LogP contribution in [0.5, 0.6) is 0 Å². The number of nitrogens with one attached hydrogen (secondary N) is 2. The molecule has 3 N–H and O–H groups in total. The number of carbonyl (C=O) groups is 2. The number of aromatic carboxylic acids is 1. The Morgan fingerprint density at radius 1 is 1.05 bits per heavy atom. The summed E-state index contributed by atoms with van der Waals surface area (Å²) in [7, 11) is 0. The van der Waals surface area contributed by atoms with Crippen molar-refractivity contribution in [2.45, 2.75) is 0 Å². The molecule has 0 aromatic heterocycles. The van der Waals surface area contributed by atoms with Crippen molar-refractivity contribution in [3.05, 3.63) is 59.1 Å². The van der Waals surface area contributed by atoms with Gasteiger partial charge in [0.15, 0.2) is 0 Å². The second-order valence-corrected chi connectivity index (χ2v) is 4.67. The monoisotopic (exact) mass is 304 g/mol. The Morgan fingerprint density at radius 2 is 1.76 bits per heavy atom. The van der Waals surface area contributed by atoms with Crippen LogP contribution in [0.2, 0.25) is 5.02 Å². The number of hydrogen-bond acceptors (Lipinski definition) is 3. The highest BCUT2D eigenvalue weighted by molar-refractivity contribution is 6.33. The maximum atomic E-state index is 11.8. The minimum absolute atomic E-state index is 0.0505. The smallest absolute Gasteiger partial charge is 0.337 e. The molecule has 0 aliphatic heterocycles. The summed E-state index contributed by atoms with van der Waals surface area (Å²) < 4.78 is 0. The molecule has 0 bridgehead atoms. The Balaban J connectivity index is 1.97. The Labute approximate surface area is 126 Å². The normalized spacial score (nSPS) is 9.95. The quantitative estimate of drug-likeness (QED) is 0.793. The number of anilines is 2. The number of benzene rings is 2. The van der Waals surface area contributed by atoms with E-state index in [1.54, 1.807) is 6.07 Å². The first kappa shape index (κ1) is 14.9. The third-order valence-corrected chi connectivity index (χ3v) is 3.04. The van der Waals surface area contributed by atoms with E-state index in [1.807, 2.05) is 30.3 Å². The number of rotatable bonds is 5. The van der Waals surface area contributed by atoms with Crippen LogP contribution in [0.1, 0.15) is 10.4 Å². The first-order chi connectivity index (χ1) is 10.1. The van der Waals surface area contributed by atoms with Crippen molar-refractivity contribution in [2.75, 3.05) is 17.2 Å². The molecule has 2 aromatic rings. The van der Waals surface area contributed by atoms with E-state index in [0.717, 1.165) is 5.69 Å². The Bertz CT molecular complexity index is 659. The van der Waals surface area contributed by atoms with Gasteiger partial charge in [0.05, 0.1) is 17.1 Å². The summed E-state index contributed by atoms with van der Waals surface area (Å²) in [5, 5.41) is 14.7. The molecule has 0 atom stereocenters. The molecule has 1 amide bonds. The summed E-state index contributed by atoms with van der Waals surface area (Å²) in [6, 6.07) is 13.6. The second-order valence-electron chi connectivity index (χ2n) is 4.27. The highest BCUT2D eigenvalue weighted by Gasteiger charge is 2.10. The zero-order valence-corrected chi connectivity index (χ0v) is 11.7. The van der Waals surface area contributed by atoms with Crippen LogP contribution in [0.3, 0.4) is 0 Å². The molecular weight excluding hydrogens is 292 g/mol.